The number of ketones is 1. The van der Waals surface area contributed by atoms with E-state index < -0.39 is 0 Å². The van der Waals surface area contributed by atoms with Gasteiger partial charge in [-0.25, -0.2) is 0 Å². The number of hydrogen-bond acceptors (Lipinski definition) is 2. The predicted octanol–water partition coefficient (Wildman–Crippen LogP) is 4.04. The van der Waals surface area contributed by atoms with Crippen molar-refractivity contribution in [1.29, 1.82) is 0 Å². The van der Waals surface area contributed by atoms with Crippen molar-refractivity contribution in [1.82, 2.24) is 0 Å². The standard InChI is InChI=1S/C20H17NO/c21-14-15-10-12-16(13-11-15)18-8-4-5-9-19(18)20(22)17-6-2-1-3-7-17/h1-13H,14,21H2. The third kappa shape index (κ3) is 2.83. The van der Waals surface area contributed by atoms with Crippen molar-refractivity contribution in [2.75, 3.05) is 0 Å². The number of carbonyl (C=O) groups excluding carboxylic acids is 1. The van der Waals surface area contributed by atoms with Gasteiger partial charge in [0.25, 0.3) is 0 Å². The Balaban J connectivity index is 2.04. The smallest absolute Gasteiger partial charge is 0.193 e. The highest BCUT2D eigenvalue weighted by molar-refractivity contribution is 6.12. The molecule has 0 heterocycles. The fourth-order valence-electron chi connectivity index (χ4n) is 2.50. The van der Waals surface area contributed by atoms with Crippen molar-refractivity contribution < 1.29 is 4.79 Å². The van der Waals surface area contributed by atoms with Crippen LogP contribution in [0.4, 0.5) is 0 Å². The molecule has 0 aliphatic heterocycles. The van der Waals surface area contributed by atoms with Crippen molar-refractivity contribution in [3.05, 3.63) is 95.6 Å². The Morgan fingerprint density at radius 3 is 2.09 bits per heavy atom. The number of carbonyl (C=O) groups is 1. The van der Waals surface area contributed by atoms with E-state index in [1.54, 1.807) is 0 Å². The molecule has 108 valence electrons. The summed E-state index contributed by atoms with van der Waals surface area (Å²) in [5.74, 6) is 0.0408. The Kier molecular flexibility index (Phi) is 4.12. The van der Waals surface area contributed by atoms with E-state index in [-0.39, 0.29) is 5.78 Å². The molecule has 0 spiro atoms. The van der Waals surface area contributed by atoms with Crippen LogP contribution >= 0.6 is 0 Å². The molecule has 0 bridgehead atoms. The molecule has 22 heavy (non-hydrogen) atoms. The van der Waals surface area contributed by atoms with Crippen LogP contribution in [-0.4, -0.2) is 5.78 Å². The second-order valence-electron chi connectivity index (χ2n) is 5.14. The Hall–Kier alpha value is -2.71. The van der Waals surface area contributed by atoms with Crippen molar-refractivity contribution in [2.24, 2.45) is 5.73 Å². The predicted molar refractivity (Wildman–Crippen MR) is 89.6 cm³/mol. The number of benzene rings is 3. The van der Waals surface area contributed by atoms with E-state index in [0.717, 1.165) is 16.7 Å². The van der Waals surface area contributed by atoms with Crippen LogP contribution in [0.15, 0.2) is 78.9 Å². The van der Waals surface area contributed by atoms with Gasteiger partial charge in [-0.1, -0.05) is 78.9 Å². The van der Waals surface area contributed by atoms with Gasteiger partial charge < -0.3 is 5.73 Å². The molecule has 0 aromatic heterocycles. The van der Waals surface area contributed by atoms with E-state index in [4.69, 9.17) is 5.73 Å². The second-order valence-corrected chi connectivity index (χ2v) is 5.14. The Bertz CT molecular complexity index is 776. The molecule has 2 heteroatoms. The summed E-state index contributed by atoms with van der Waals surface area (Å²) in [6, 6.07) is 25.1. The van der Waals surface area contributed by atoms with Crippen molar-refractivity contribution in [2.45, 2.75) is 6.54 Å². The molecular formula is C20H17NO. The summed E-state index contributed by atoms with van der Waals surface area (Å²) in [6.45, 7) is 0.519. The number of hydrogen-bond donors (Lipinski definition) is 1. The molecule has 0 fully saturated rings. The molecular weight excluding hydrogens is 270 g/mol. The summed E-state index contributed by atoms with van der Waals surface area (Å²) in [4.78, 5) is 12.7. The van der Waals surface area contributed by atoms with Crippen molar-refractivity contribution in [3.8, 4) is 11.1 Å². The molecule has 3 aromatic rings. The monoisotopic (exact) mass is 287 g/mol. The average Bonchev–Trinajstić information content (AvgIpc) is 2.62. The minimum absolute atomic E-state index is 0.0408. The molecule has 0 aliphatic rings. The van der Waals surface area contributed by atoms with Gasteiger partial charge in [-0.2, -0.15) is 0 Å². The van der Waals surface area contributed by atoms with Gasteiger partial charge in [0.2, 0.25) is 0 Å². The molecule has 0 saturated carbocycles. The normalized spacial score (nSPS) is 10.4. The summed E-state index contributed by atoms with van der Waals surface area (Å²) in [7, 11) is 0. The van der Waals surface area contributed by atoms with Crippen LogP contribution in [0.1, 0.15) is 21.5 Å². The maximum absolute atomic E-state index is 12.7. The molecule has 0 amide bonds. The largest absolute Gasteiger partial charge is 0.326 e. The van der Waals surface area contributed by atoms with Gasteiger partial charge in [-0.05, 0) is 16.7 Å². The van der Waals surface area contributed by atoms with Gasteiger partial charge in [0.1, 0.15) is 0 Å². The molecule has 0 aliphatic carbocycles. The third-order valence-electron chi connectivity index (χ3n) is 3.71. The quantitative estimate of drug-likeness (QED) is 0.736. The molecule has 0 radical (unpaired) electrons. The van der Waals surface area contributed by atoms with E-state index in [2.05, 4.69) is 0 Å². The lowest BCUT2D eigenvalue weighted by molar-refractivity contribution is 0.103. The first-order chi connectivity index (χ1) is 10.8. The third-order valence-corrected chi connectivity index (χ3v) is 3.71. The molecule has 0 atom stereocenters. The van der Waals surface area contributed by atoms with Crippen LogP contribution in [0.25, 0.3) is 11.1 Å². The van der Waals surface area contributed by atoms with Gasteiger partial charge in [0.15, 0.2) is 5.78 Å². The van der Waals surface area contributed by atoms with Gasteiger partial charge in [0.05, 0.1) is 0 Å². The minimum Gasteiger partial charge on any atom is -0.326 e. The van der Waals surface area contributed by atoms with Gasteiger partial charge >= 0.3 is 0 Å². The zero-order valence-electron chi connectivity index (χ0n) is 12.2. The molecule has 3 aromatic carbocycles. The van der Waals surface area contributed by atoms with Crippen molar-refractivity contribution in [3.63, 3.8) is 0 Å². The number of nitrogens with two attached hydrogens (primary N) is 1. The van der Waals surface area contributed by atoms with E-state index in [1.165, 1.54) is 0 Å². The Morgan fingerprint density at radius 2 is 1.41 bits per heavy atom. The second kappa shape index (κ2) is 6.37. The van der Waals surface area contributed by atoms with Crippen LogP contribution in [0.3, 0.4) is 0 Å². The van der Waals surface area contributed by atoms with E-state index in [9.17, 15) is 4.79 Å². The highest BCUT2D eigenvalue weighted by Crippen LogP contribution is 2.26. The lowest BCUT2D eigenvalue weighted by Gasteiger charge is -2.09. The van der Waals surface area contributed by atoms with Gasteiger partial charge in [0, 0.05) is 17.7 Å². The van der Waals surface area contributed by atoms with Crippen LogP contribution in [0.5, 0.6) is 0 Å². The molecule has 0 unspecified atom stereocenters. The maximum Gasteiger partial charge on any atom is 0.193 e. The lowest BCUT2D eigenvalue weighted by atomic mass is 9.93. The van der Waals surface area contributed by atoms with Gasteiger partial charge in [-0.3, -0.25) is 4.79 Å². The van der Waals surface area contributed by atoms with E-state index in [0.29, 0.717) is 17.7 Å². The van der Waals surface area contributed by atoms with Crippen LogP contribution in [0.2, 0.25) is 0 Å². The zero-order valence-corrected chi connectivity index (χ0v) is 12.2. The molecule has 2 nitrogen and oxygen atoms in total. The fourth-order valence-corrected chi connectivity index (χ4v) is 2.50. The van der Waals surface area contributed by atoms with E-state index in [1.807, 2.05) is 78.9 Å². The summed E-state index contributed by atoms with van der Waals surface area (Å²) in [5.41, 5.74) is 10.1. The van der Waals surface area contributed by atoms with Gasteiger partial charge in [-0.15, -0.1) is 0 Å². The first-order valence-electron chi connectivity index (χ1n) is 7.28. The van der Waals surface area contributed by atoms with Crippen LogP contribution in [-0.2, 0) is 6.54 Å². The molecule has 0 saturated heterocycles. The first kappa shape index (κ1) is 14.2. The number of rotatable bonds is 4. The summed E-state index contributed by atoms with van der Waals surface area (Å²) in [6.07, 6.45) is 0. The SMILES string of the molecule is NCc1ccc(-c2ccccc2C(=O)c2ccccc2)cc1. The van der Waals surface area contributed by atoms with Crippen molar-refractivity contribution >= 4 is 5.78 Å². The Morgan fingerprint density at radius 1 is 0.773 bits per heavy atom. The first-order valence-corrected chi connectivity index (χ1v) is 7.28. The summed E-state index contributed by atoms with van der Waals surface area (Å²) >= 11 is 0. The fraction of sp³-hybridized carbons (Fsp3) is 0.0500. The topological polar surface area (TPSA) is 43.1 Å². The highest BCUT2D eigenvalue weighted by Gasteiger charge is 2.13. The minimum atomic E-state index is 0.0408. The summed E-state index contributed by atoms with van der Waals surface area (Å²) in [5, 5.41) is 0. The lowest BCUT2D eigenvalue weighted by Crippen LogP contribution is -2.03. The summed E-state index contributed by atoms with van der Waals surface area (Å²) < 4.78 is 0. The average molecular weight is 287 g/mol. The molecule has 2 N–H and O–H groups in total. The highest BCUT2D eigenvalue weighted by atomic mass is 16.1. The zero-order chi connectivity index (χ0) is 15.4. The molecule has 3 rings (SSSR count). The van der Waals surface area contributed by atoms with E-state index >= 15 is 0 Å². The van der Waals surface area contributed by atoms with Crippen LogP contribution in [0, 0.1) is 0 Å². The maximum atomic E-state index is 12.7. The Labute approximate surface area is 130 Å². The van der Waals surface area contributed by atoms with Crippen LogP contribution < -0.4 is 5.73 Å².